The van der Waals surface area contributed by atoms with E-state index in [4.69, 9.17) is 19.9 Å². The molecule has 2 saturated heterocycles. The smallest absolute Gasteiger partial charge is 0.406 e. The lowest BCUT2D eigenvalue weighted by atomic mass is 10.1. The molecule has 2 heterocycles. The van der Waals surface area contributed by atoms with Gasteiger partial charge in [-0.25, -0.2) is 0 Å². The van der Waals surface area contributed by atoms with Crippen LogP contribution < -0.4 is 15.8 Å². The molecule has 0 saturated carbocycles. The van der Waals surface area contributed by atoms with Crippen LogP contribution >= 0.6 is 24.0 Å². The third-order valence-electron chi connectivity index (χ3n) is 3.97. The predicted molar refractivity (Wildman–Crippen MR) is 102 cm³/mol. The molecule has 152 valence electrons. The minimum absolute atomic E-state index is 0. The van der Waals surface area contributed by atoms with Gasteiger partial charge in [-0.2, -0.15) is 0 Å². The monoisotopic (exact) mass is 503 g/mol. The summed E-state index contributed by atoms with van der Waals surface area (Å²) in [5.41, 5.74) is 6.12. The van der Waals surface area contributed by atoms with Crippen molar-refractivity contribution in [2.24, 2.45) is 10.7 Å². The number of nitrogens with one attached hydrogen (secondary N) is 1. The lowest BCUT2D eigenvalue weighted by molar-refractivity contribution is -0.274. The fourth-order valence-electron chi connectivity index (χ4n) is 2.81. The van der Waals surface area contributed by atoms with Crippen molar-refractivity contribution in [3.8, 4) is 5.75 Å². The first kappa shape index (κ1) is 22.0. The number of ether oxygens (including phenoxy) is 4. The zero-order valence-electron chi connectivity index (χ0n) is 14.3. The second kappa shape index (κ2) is 9.26. The molecule has 3 N–H and O–H groups in total. The molecule has 2 aliphatic heterocycles. The maximum Gasteiger partial charge on any atom is 0.573 e. The first-order valence-electron chi connectivity index (χ1n) is 8.16. The van der Waals surface area contributed by atoms with Crippen LogP contribution in [0.4, 0.5) is 18.9 Å². The highest BCUT2D eigenvalue weighted by Crippen LogP contribution is 2.33. The standard InChI is InChI=1S/C16H20F3N3O4.HI/c17-16(18,19)26-12-3-1-2-11(8-12)22-14(20)21-9-13-10-24-15(25-13)4-6-23-7-5-15;/h1-3,8,13H,4-7,9-10H2,(H3,20,21,22);1H. The Hall–Kier alpha value is -1.31. The van der Waals surface area contributed by atoms with E-state index in [0.29, 0.717) is 38.3 Å². The van der Waals surface area contributed by atoms with Crippen LogP contribution in [0, 0.1) is 0 Å². The van der Waals surface area contributed by atoms with Gasteiger partial charge in [0.05, 0.1) is 26.4 Å². The molecular formula is C16H21F3IN3O4. The lowest BCUT2D eigenvalue weighted by Crippen LogP contribution is -2.38. The minimum Gasteiger partial charge on any atom is -0.406 e. The summed E-state index contributed by atoms with van der Waals surface area (Å²) >= 11 is 0. The zero-order valence-corrected chi connectivity index (χ0v) is 16.7. The Morgan fingerprint density at radius 1 is 1.33 bits per heavy atom. The highest BCUT2D eigenvalue weighted by Gasteiger charge is 2.42. The van der Waals surface area contributed by atoms with Crippen molar-refractivity contribution in [3.63, 3.8) is 0 Å². The van der Waals surface area contributed by atoms with Gasteiger partial charge in [-0.1, -0.05) is 6.07 Å². The molecule has 1 atom stereocenters. The second-order valence-corrected chi connectivity index (χ2v) is 6.00. The summed E-state index contributed by atoms with van der Waals surface area (Å²) in [6, 6.07) is 5.35. The fraction of sp³-hybridized carbons (Fsp3) is 0.562. The van der Waals surface area contributed by atoms with Gasteiger partial charge in [-0.15, -0.1) is 37.1 Å². The van der Waals surface area contributed by atoms with Crippen molar-refractivity contribution < 1.29 is 32.1 Å². The van der Waals surface area contributed by atoms with Crippen molar-refractivity contribution in [1.82, 2.24) is 0 Å². The molecule has 2 fully saturated rings. The van der Waals surface area contributed by atoms with Crippen LogP contribution in [0.25, 0.3) is 0 Å². The number of alkyl halides is 3. The average Bonchev–Trinajstić information content (AvgIpc) is 2.95. The van der Waals surface area contributed by atoms with Crippen LogP contribution in [0.3, 0.4) is 0 Å². The maximum atomic E-state index is 12.3. The number of aliphatic imine (C=N–C) groups is 1. The van der Waals surface area contributed by atoms with Crippen molar-refractivity contribution in [2.75, 3.05) is 31.7 Å². The number of hydrogen-bond acceptors (Lipinski definition) is 5. The molecule has 1 unspecified atom stereocenters. The summed E-state index contributed by atoms with van der Waals surface area (Å²) in [5.74, 6) is -0.876. The summed E-state index contributed by atoms with van der Waals surface area (Å²) in [7, 11) is 0. The topological polar surface area (TPSA) is 87.3 Å². The summed E-state index contributed by atoms with van der Waals surface area (Å²) in [6.07, 6.45) is -3.63. The number of anilines is 1. The van der Waals surface area contributed by atoms with Gasteiger partial charge in [-0.05, 0) is 12.1 Å². The minimum atomic E-state index is -4.75. The third kappa shape index (κ3) is 6.66. The van der Waals surface area contributed by atoms with E-state index in [-0.39, 0.29) is 48.3 Å². The molecular weight excluding hydrogens is 482 g/mol. The molecule has 2 aliphatic rings. The second-order valence-electron chi connectivity index (χ2n) is 6.00. The summed E-state index contributed by atoms with van der Waals surface area (Å²) < 4.78 is 57.6. The quantitative estimate of drug-likeness (QED) is 0.374. The van der Waals surface area contributed by atoms with Gasteiger partial charge < -0.3 is 30.0 Å². The number of hydrogen-bond donors (Lipinski definition) is 2. The van der Waals surface area contributed by atoms with Gasteiger partial charge >= 0.3 is 6.36 Å². The molecule has 0 radical (unpaired) electrons. The normalized spacial score (nSPS) is 22.3. The Morgan fingerprint density at radius 2 is 2.07 bits per heavy atom. The van der Waals surface area contributed by atoms with E-state index in [1.54, 1.807) is 6.07 Å². The highest BCUT2D eigenvalue weighted by molar-refractivity contribution is 14.0. The Kier molecular flexibility index (Phi) is 7.54. The summed E-state index contributed by atoms with van der Waals surface area (Å²) in [6.45, 7) is 1.87. The van der Waals surface area contributed by atoms with E-state index in [1.807, 2.05) is 0 Å². The van der Waals surface area contributed by atoms with Crippen molar-refractivity contribution >= 4 is 35.6 Å². The number of halogens is 4. The largest absolute Gasteiger partial charge is 0.573 e. The maximum absolute atomic E-state index is 12.3. The van der Waals surface area contributed by atoms with E-state index in [0.717, 1.165) is 0 Å². The van der Waals surface area contributed by atoms with E-state index in [1.165, 1.54) is 18.2 Å². The van der Waals surface area contributed by atoms with Crippen LogP contribution in [0.2, 0.25) is 0 Å². The highest BCUT2D eigenvalue weighted by atomic mass is 127. The van der Waals surface area contributed by atoms with E-state index < -0.39 is 12.1 Å². The molecule has 0 aliphatic carbocycles. The van der Waals surface area contributed by atoms with Crippen LogP contribution in [-0.2, 0) is 14.2 Å². The van der Waals surface area contributed by atoms with Crippen LogP contribution in [0.15, 0.2) is 29.3 Å². The van der Waals surface area contributed by atoms with Crippen molar-refractivity contribution in [2.45, 2.75) is 31.1 Å². The average molecular weight is 503 g/mol. The molecule has 0 amide bonds. The van der Waals surface area contributed by atoms with Crippen LogP contribution in [-0.4, -0.2) is 50.6 Å². The Bertz CT molecular complexity index is 654. The molecule has 7 nitrogen and oxygen atoms in total. The Balaban J connectivity index is 0.00000261. The van der Waals surface area contributed by atoms with Gasteiger partial charge in [0.2, 0.25) is 0 Å². The zero-order chi connectivity index (χ0) is 18.6. The molecule has 27 heavy (non-hydrogen) atoms. The number of nitrogens with zero attached hydrogens (tertiary/aromatic N) is 1. The fourth-order valence-corrected chi connectivity index (χ4v) is 2.81. The molecule has 1 aromatic rings. The van der Waals surface area contributed by atoms with Crippen molar-refractivity contribution in [3.05, 3.63) is 24.3 Å². The number of guanidine groups is 1. The van der Waals surface area contributed by atoms with E-state index in [9.17, 15) is 13.2 Å². The summed E-state index contributed by atoms with van der Waals surface area (Å²) in [5, 5.41) is 2.73. The van der Waals surface area contributed by atoms with E-state index in [2.05, 4.69) is 15.0 Å². The van der Waals surface area contributed by atoms with Gasteiger partial charge in [0.25, 0.3) is 0 Å². The Morgan fingerprint density at radius 3 is 2.78 bits per heavy atom. The molecule has 1 spiro atoms. The van der Waals surface area contributed by atoms with Gasteiger partial charge in [0.15, 0.2) is 11.7 Å². The predicted octanol–water partition coefficient (Wildman–Crippen LogP) is 2.85. The SMILES string of the molecule is I.NC(=NCC1COC2(CCOCC2)O1)Nc1cccc(OC(F)(F)F)c1. The number of rotatable bonds is 4. The lowest BCUT2D eigenvalue weighted by Gasteiger charge is -2.31. The van der Waals surface area contributed by atoms with Gasteiger partial charge in [-0.3, -0.25) is 4.99 Å². The number of nitrogens with two attached hydrogens (primary N) is 1. The Labute approximate surface area is 171 Å². The first-order chi connectivity index (χ1) is 12.3. The number of benzene rings is 1. The molecule has 0 bridgehead atoms. The third-order valence-corrected chi connectivity index (χ3v) is 3.97. The van der Waals surface area contributed by atoms with Crippen molar-refractivity contribution in [1.29, 1.82) is 0 Å². The molecule has 0 aromatic heterocycles. The van der Waals surface area contributed by atoms with E-state index >= 15 is 0 Å². The van der Waals surface area contributed by atoms with Crippen LogP contribution in [0.5, 0.6) is 5.75 Å². The first-order valence-corrected chi connectivity index (χ1v) is 8.16. The van der Waals surface area contributed by atoms with Gasteiger partial charge in [0, 0.05) is 24.6 Å². The molecule has 11 heteroatoms. The molecule has 1 aromatic carbocycles. The van der Waals surface area contributed by atoms with Crippen LogP contribution in [0.1, 0.15) is 12.8 Å². The summed E-state index contributed by atoms with van der Waals surface area (Å²) in [4.78, 5) is 4.17. The molecule has 3 rings (SSSR count). The van der Waals surface area contributed by atoms with Gasteiger partial charge in [0.1, 0.15) is 11.9 Å².